The molecule has 0 spiro atoms. The minimum Gasteiger partial charge on any atom is -0.495 e. The van der Waals surface area contributed by atoms with Gasteiger partial charge in [-0.15, -0.1) is 0 Å². The van der Waals surface area contributed by atoms with Crippen LogP contribution >= 0.6 is 0 Å². The van der Waals surface area contributed by atoms with Gasteiger partial charge in [-0.3, -0.25) is 0 Å². The lowest BCUT2D eigenvalue weighted by molar-refractivity contribution is -0.00524. The third-order valence-corrected chi connectivity index (χ3v) is 7.09. The molecule has 4 nitrogen and oxygen atoms in total. The normalized spacial score (nSPS) is 19.2. The molecule has 4 rings (SSSR count). The molecule has 0 radical (unpaired) electrons. The van der Waals surface area contributed by atoms with Crippen LogP contribution in [-0.4, -0.2) is 32.4 Å². The number of rotatable bonds is 6. The lowest BCUT2D eigenvalue weighted by Gasteiger charge is -2.37. The van der Waals surface area contributed by atoms with E-state index >= 15 is 0 Å². The largest absolute Gasteiger partial charge is 0.495 e. The van der Waals surface area contributed by atoms with Gasteiger partial charge in [0.25, 0.3) is 0 Å². The fraction of sp³-hybridized carbons (Fsp3) is 0.324. The second kappa shape index (κ2) is 12.2. The van der Waals surface area contributed by atoms with Gasteiger partial charge in [-0.1, -0.05) is 55.5 Å². The number of methoxy groups -OCH3 is 1. The van der Waals surface area contributed by atoms with Gasteiger partial charge in [0.1, 0.15) is 5.76 Å². The van der Waals surface area contributed by atoms with E-state index in [0.717, 1.165) is 58.0 Å². The average Bonchev–Trinajstić information content (AvgIpc) is 2.91. The van der Waals surface area contributed by atoms with Crippen molar-refractivity contribution in [3.8, 4) is 17.2 Å². The number of nitrogens with zero attached hydrogens (tertiary/aromatic N) is 2. The van der Waals surface area contributed by atoms with Crippen LogP contribution in [0.2, 0.25) is 0 Å². The van der Waals surface area contributed by atoms with Crippen LogP contribution in [0.5, 0.6) is 0 Å². The predicted molar refractivity (Wildman–Crippen MR) is 158 cm³/mol. The Bertz CT molecular complexity index is 1470. The lowest BCUT2D eigenvalue weighted by atomic mass is 9.95. The highest BCUT2D eigenvalue weighted by atomic mass is 16.5. The average molecular weight is 507 g/mol. The summed E-state index contributed by atoms with van der Waals surface area (Å²) < 4.78 is 12.1. The molecule has 0 aliphatic carbocycles. The quantitative estimate of drug-likeness (QED) is 0.400. The van der Waals surface area contributed by atoms with Crippen LogP contribution in [0.4, 0.5) is 5.69 Å². The smallest absolute Gasteiger partial charge is 0.134 e. The third kappa shape index (κ3) is 5.69. The third-order valence-electron chi connectivity index (χ3n) is 7.09. The number of hydrogen-bond donors (Lipinski definition) is 0. The zero-order chi connectivity index (χ0) is 27.2. The number of anilines is 1. The van der Waals surface area contributed by atoms with Crippen molar-refractivity contribution in [1.82, 2.24) is 0 Å². The molecule has 0 bridgehead atoms. The van der Waals surface area contributed by atoms with E-state index in [1.165, 1.54) is 11.3 Å². The number of allylic oxidation sites excluding steroid dienone is 1. The maximum absolute atomic E-state index is 9.23. The second-order valence-corrected chi connectivity index (χ2v) is 9.97. The number of hydrogen-bond acceptors (Lipinski definition) is 4. The molecule has 3 aromatic rings. The molecule has 3 aromatic carbocycles. The van der Waals surface area contributed by atoms with Crippen LogP contribution < -0.4 is 15.3 Å². The first-order valence-electron chi connectivity index (χ1n) is 13.5. The summed E-state index contributed by atoms with van der Waals surface area (Å²) in [7, 11) is 1.75. The van der Waals surface area contributed by atoms with E-state index in [2.05, 4.69) is 94.1 Å². The van der Waals surface area contributed by atoms with Gasteiger partial charge < -0.3 is 14.4 Å². The van der Waals surface area contributed by atoms with E-state index in [-0.39, 0.29) is 12.2 Å². The molecule has 196 valence electrons. The summed E-state index contributed by atoms with van der Waals surface area (Å²) in [6, 6.07) is 23.0. The molecular formula is C34H38N2O2. The van der Waals surface area contributed by atoms with Crippen molar-refractivity contribution in [2.45, 2.75) is 53.2 Å². The Kier molecular flexibility index (Phi) is 8.71. The number of aryl methyl sites for hydroxylation is 1. The van der Waals surface area contributed by atoms with Gasteiger partial charge in [0.15, 0.2) is 0 Å². The fourth-order valence-electron chi connectivity index (χ4n) is 5.51. The number of nitriles is 1. The Hall–Kier alpha value is -3.81. The maximum Gasteiger partial charge on any atom is 0.134 e. The SMILES string of the molecule is C\C=C(/C(OC)=c1/cccc(-c2ccc(C#N)cc2)/c1=C/CC)c1ccc(N2CC(C)O[C@H](C)C2)c(C)c1. The summed E-state index contributed by atoms with van der Waals surface area (Å²) >= 11 is 0. The van der Waals surface area contributed by atoms with E-state index in [0.29, 0.717) is 5.56 Å². The standard InChI is InChI=1S/C34H38N2O2/c1-7-10-31-30(27-15-13-26(20-35)14-16-27)11-9-12-32(31)34(37-6)29(8-2)28-17-18-33(23(3)19-28)36-21-24(4)38-25(5)22-36/h8-19,24-25H,7,21-22H2,1-6H3/b29-8-,31-10-,34-32+/t24-,25?/m1/s1. The predicted octanol–water partition coefficient (Wildman–Crippen LogP) is 6.20. The van der Waals surface area contributed by atoms with E-state index in [1.54, 1.807) is 7.11 Å². The number of ether oxygens (including phenoxy) is 2. The Morgan fingerprint density at radius 1 is 1.08 bits per heavy atom. The van der Waals surface area contributed by atoms with Gasteiger partial charge >= 0.3 is 0 Å². The van der Waals surface area contributed by atoms with Crippen molar-refractivity contribution < 1.29 is 9.47 Å². The van der Waals surface area contributed by atoms with Crippen molar-refractivity contribution in [1.29, 1.82) is 5.26 Å². The van der Waals surface area contributed by atoms with E-state index in [4.69, 9.17) is 9.47 Å². The molecule has 4 heteroatoms. The first-order valence-corrected chi connectivity index (χ1v) is 13.5. The fourth-order valence-corrected chi connectivity index (χ4v) is 5.51. The molecule has 1 aliphatic rings. The Labute approximate surface area is 227 Å². The van der Waals surface area contributed by atoms with E-state index < -0.39 is 0 Å². The van der Waals surface area contributed by atoms with Crippen molar-refractivity contribution >= 4 is 23.1 Å². The molecule has 2 atom stereocenters. The first kappa shape index (κ1) is 27.2. The molecule has 0 saturated carbocycles. The molecule has 1 unspecified atom stereocenters. The monoisotopic (exact) mass is 506 g/mol. The van der Waals surface area contributed by atoms with Crippen molar-refractivity contribution in [2.75, 3.05) is 25.1 Å². The van der Waals surface area contributed by atoms with Crippen LogP contribution in [0.25, 0.3) is 28.5 Å². The molecule has 0 N–H and O–H groups in total. The van der Waals surface area contributed by atoms with Crippen molar-refractivity contribution in [2.24, 2.45) is 0 Å². The van der Waals surface area contributed by atoms with Crippen LogP contribution in [-0.2, 0) is 9.47 Å². The van der Waals surface area contributed by atoms with Gasteiger partial charge in [-0.25, -0.2) is 0 Å². The number of morpholine rings is 1. The zero-order valence-corrected chi connectivity index (χ0v) is 23.4. The summed E-state index contributed by atoms with van der Waals surface area (Å²) in [5, 5.41) is 11.4. The Morgan fingerprint density at radius 2 is 1.79 bits per heavy atom. The van der Waals surface area contributed by atoms with Crippen LogP contribution in [0, 0.1) is 18.3 Å². The Morgan fingerprint density at radius 3 is 2.37 bits per heavy atom. The summed E-state index contributed by atoms with van der Waals surface area (Å²) in [4.78, 5) is 2.43. The summed E-state index contributed by atoms with van der Waals surface area (Å²) in [6.07, 6.45) is 5.72. The maximum atomic E-state index is 9.23. The molecule has 1 aliphatic heterocycles. The summed E-state index contributed by atoms with van der Waals surface area (Å²) in [5.41, 5.74) is 7.56. The highest BCUT2D eigenvalue weighted by Crippen LogP contribution is 2.30. The van der Waals surface area contributed by atoms with Gasteiger partial charge in [0.05, 0.1) is 31.0 Å². The van der Waals surface area contributed by atoms with Gasteiger partial charge in [0, 0.05) is 29.6 Å². The molecule has 0 amide bonds. The van der Waals surface area contributed by atoms with Crippen molar-refractivity contribution in [3.63, 3.8) is 0 Å². The molecule has 1 saturated heterocycles. The highest BCUT2D eigenvalue weighted by Gasteiger charge is 2.23. The summed E-state index contributed by atoms with van der Waals surface area (Å²) in [6.45, 7) is 12.5. The first-order chi connectivity index (χ1) is 18.4. The topological polar surface area (TPSA) is 45.5 Å². The molecule has 38 heavy (non-hydrogen) atoms. The molecular weight excluding hydrogens is 468 g/mol. The van der Waals surface area contributed by atoms with Crippen molar-refractivity contribution in [3.05, 3.63) is 93.9 Å². The van der Waals surface area contributed by atoms with Gasteiger partial charge in [-0.05, 0) is 85.9 Å². The molecule has 1 fully saturated rings. The summed E-state index contributed by atoms with van der Waals surface area (Å²) in [5.74, 6) is 0.850. The van der Waals surface area contributed by atoms with Crippen LogP contribution in [0.3, 0.4) is 0 Å². The van der Waals surface area contributed by atoms with Gasteiger partial charge in [-0.2, -0.15) is 5.26 Å². The molecule has 1 heterocycles. The minimum absolute atomic E-state index is 0.217. The van der Waals surface area contributed by atoms with E-state index in [1.807, 2.05) is 24.3 Å². The van der Waals surface area contributed by atoms with Gasteiger partial charge in [0.2, 0.25) is 0 Å². The minimum atomic E-state index is 0.217. The van der Waals surface area contributed by atoms with Crippen LogP contribution in [0.1, 0.15) is 50.8 Å². The Balaban J connectivity index is 1.83. The van der Waals surface area contributed by atoms with E-state index in [9.17, 15) is 5.26 Å². The second-order valence-electron chi connectivity index (χ2n) is 9.97. The number of benzene rings is 3. The lowest BCUT2D eigenvalue weighted by Crippen LogP contribution is -2.45. The zero-order valence-electron chi connectivity index (χ0n) is 23.4. The van der Waals surface area contributed by atoms with Crippen LogP contribution in [0.15, 0.2) is 66.7 Å². The molecule has 0 aromatic heterocycles. The highest BCUT2D eigenvalue weighted by molar-refractivity contribution is 5.95.